The Kier molecular flexibility index (Phi) is 4.61. The number of carbonyl (C=O) groups is 1. The highest BCUT2D eigenvalue weighted by Crippen LogP contribution is 2.49. The van der Waals surface area contributed by atoms with Crippen LogP contribution in [-0.2, 0) is 16.0 Å². The van der Waals surface area contributed by atoms with E-state index < -0.39 is 11.5 Å². The van der Waals surface area contributed by atoms with Gasteiger partial charge in [-0.3, -0.25) is 9.36 Å². The first kappa shape index (κ1) is 19.1. The van der Waals surface area contributed by atoms with Crippen LogP contribution in [0.5, 0.6) is 11.8 Å². The molecule has 3 aromatic rings. The lowest BCUT2D eigenvalue weighted by Crippen LogP contribution is -2.29. The van der Waals surface area contributed by atoms with Crippen LogP contribution >= 0.6 is 0 Å². The van der Waals surface area contributed by atoms with Gasteiger partial charge in [0.05, 0.1) is 16.7 Å². The maximum absolute atomic E-state index is 12.9. The summed E-state index contributed by atoms with van der Waals surface area (Å²) < 4.78 is 7.37. The maximum atomic E-state index is 12.9. The Morgan fingerprint density at radius 2 is 1.72 bits per heavy atom. The lowest BCUT2D eigenvalue weighted by Gasteiger charge is -2.29. The van der Waals surface area contributed by atoms with Crippen molar-refractivity contribution < 1.29 is 19.7 Å². The molecule has 0 saturated carbocycles. The van der Waals surface area contributed by atoms with Gasteiger partial charge in [-0.2, -0.15) is 0 Å². The van der Waals surface area contributed by atoms with Gasteiger partial charge in [-0.1, -0.05) is 49.4 Å². The number of fused-ring (bicyclic) bond motifs is 2. The lowest BCUT2D eigenvalue weighted by molar-refractivity contribution is -0.158. The number of ether oxygens (including phenoxy) is 1. The number of hydrogen-bond donors (Lipinski definition) is 2. The van der Waals surface area contributed by atoms with Crippen molar-refractivity contribution in [3.63, 3.8) is 0 Å². The Bertz CT molecular complexity index is 1070. The number of rotatable bonds is 4. The number of esters is 1. The van der Waals surface area contributed by atoms with Gasteiger partial charge >= 0.3 is 5.97 Å². The van der Waals surface area contributed by atoms with Crippen LogP contribution in [0.25, 0.3) is 5.69 Å². The van der Waals surface area contributed by atoms with Crippen LogP contribution in [0, 0.1) is 5.41 Å². The van der Waals surface area contributed by atoms with Crippen molar-refractivity contribution in [2.24, 2.45) is 5.41 Å². The van der Waals surface area contributed by atoms with E-state index in [9.17, 15) is 15.0 Å². The molecule has 1 atom stereocenters. The van der Waals surface area contributed by atoms with Gasteiger partial charge in [0.1, 0.15) is 0 Å². The van der Waals surface area contributed by atoms with E-state index in [1.165, 1.54) is 4.57 Å². The molecule has 2 aromatic carbocycles. The number of para-hydroxylation sites is 1. The number of hydrogen-bond acceptors (Lipinski definition) is 4. The maximum Gasteiger partial charge on any atom is 0.312 e. The largest absolute Gasteiger partial charge is 0.494 e. The highest BCUT2D eigenvalue weighted by atomic mass is 16.5. The molecular weight excluding hydrogens is 366 g/mol. The van der Waals surface area contributed by atoms with Crippen LogP contribution < -0.4 is 0 Å². The predicted molar refractivity (Wildman–Crippen MR) is 110 cm³/mol. The van der Waals surface area contributed by atoms with Crippen molar-refractivity contribution in [2.75, 3.05) is 0 Å². The Hall–Kier alpha value is -3.21. The second-order valence-corrected chi connectivity index (χ2v) is 8.11. The fourth-order valence-corrected chi connectivity index (χ4v) is 3.71. The predicted octanol–water partition coefficient (Wildman–Crippen LogP) is 4.86. The third-order valence-corrected chi connectivity index (χ3v) is 5.90. The van der Waals surface area contributed by atoms with Gasteiger partial charge < -0.3 is 14.9 Å². The van der Waals surface area contributed by atoms with Crippen LogP contribution in [0.3, 0.4) is 0 Å². The molecule has 0 amide bonds. The zero-order chi connectivity index (χ0) is 20.8. The summed E-state index contributed by atoms with van der Waals surface area (Å²) in [6.45, 7) is 5.63. The summed E-state index contributed by atoms with van der Waals surface area (Å²) in [4.78, 5) is 12.9. The molecule has 0 bridgehead atoms. The van der Waals surface area contributed by atoms with Gasteiger partial charge in [-0.15, -0.1) is 0 Å². The Morgan fingerprint density at radius 3 is 2.41 bits per heavy atom. The molecule has 1 heterocycles. The molecule has 150 valence electrons. The molecule has 5 nitrogen and oxygen atoms in total. The smallest absolute Gasteiger partial charge is 0.312 e. The molecule has 2 N–H and O–H groups in total. The number of aromatic nitrogens is 1. The molecule has 0 spiro atoms. The second kappa shape index (κ2) is 6.99. The minimum atomic E-state index is -0.774. The number of carbonyl (C=O) groups excluding carboxylic acids is 1. The molecule has 0 fully saturated rings. The van der Waals surface area contributed by atoms with Gasteiger partial charge in [0.15, 0.2) is 6.10 Å². The molecule has 1 aliphatic carbocycles. The third kappa shape index (κ3) is 3.07. The first-order chi connectivity index (χ1) is 13.8. The first-order valence-electron chi connectivity index (χ1n) is 9.85. The quantitative estimate of drug-likeness (QED) is 0.623. The van der Waals surface area contributed by atoms with Crippen LogP contribution in [-0.4, -0.2) is 20.7 Å². The van der Waals surface area contributed by atoms with E-state index in [4.69, 9.17) is 4.74 Å². The minimum absolute atomic E-state index is 0.0333. The molecular formula is C24H25NO4. The van der Waals surface area contributed by atoms with E-state index in [1.54, 1.807) is 12.1 Å². The average molecular weight is 391 g/mol. The van der Waals surface area contributed by atoms with Gasteiger partial charge in [-0.05, 0) is 38.0 Å². The Morgan fingerprint density at radius 1 is 1.07 bits per heavy atom. The zero-order valence-electron chi connectivity index (χ0n) is 16.8. The van der Waals surface area contributed by atoms with Crippen molar-refractivity contribution in [1.29, 1.82) is 0 Å². The average Bonchev–Trinajstić information content (AvgIpc) is 2.98. The van der Waals surface area contributed by atoms with E-state index >= 15 is 0 Å². The van der Waals surface area contributed by atoms with E-state index in [1.807, 2.05) is 63.2 Å². The summed E-state index contributed by atoms with van der Waals surface area (Å²) in [6, 6.07) is 16.8. The summed E-state index contributed by atoms with van der Waals surface area (Å²) in [5.41, 5.74) is 2.82. The summed E-state index contributed by atoms with van der Waals surface area (Å²) >= 11 is 0. The van der Waals surface area contributed by atoms with E-state index in [-0.39, 0.29) is 17.7 Å². The van der Waals surface area contributed by atoms with Crippen LogP contribution in [0.2, 0.25) is 0 Å². The molecule has 29 heavy (non-hydrogen) atoms. The SMILES string of the molecule is CCC(C)(C)C(=O)OC1c2ccccc2Cc2c1c(O)n(-c1ccccc1)c2O. The lowest BCUT2D eigenvalue weighted by atomic mass is 9.85. The molecule has 0 aliphatic heterocycles. The monoisotopic (exact) mass is 391 g/mol. The molecule has 0 saturated heterocycles. The fraction of sp³-hybridized carbons (Fsp3) is 0.292. The first-order valence-corrected chi connectivity index (χ1v) is 9.85. The zero-order valence-corrected chi connectivity index (χ0v) is 16.8. The van der Waals surface area contributed by atoms with Crippen LogP contribution in [0.4, 0.5) is 0 Å². The summed E-state index contributed by atoms with van der Waals surface area (Å²) in [7, 11) is 0. The third-order valence-electron chi connectivity index (χ3n) is 5.90. The summed E-state index contributed by atoms with van der Waals surface area (Å²) in [5, 5.41) is 22.0. The molecule has 1 aliphatic rings. The highest BCUT2D eigenvalue weighted by molar-refractivity contribution is 5.77. The molecule has 4 rings (SSSR count). The molecule has 1 aromatic heterocycles. The summed E-state index contributed by atoms with van der Waals surface area (Å²) in [5.74, 6) is -0.474. The van der Waals surface area contributed by atoms with Gasteiger partial charge in [0, 0.05) is 17.5 Å². The van der Waals surface area contributed by atoms with Crippen LogP contribution in [0.15, 0.2) is 54.6 Å². The highest BCUT2D eigenvalue weighted by Gasteiger charge is 2.39. The van der Waals surface area contributed by atoms with Crippen molar-refractivity contribution in [1.82, 2.24) is 4.57 Å². The molecule has 5 heteroatoms. The number of benzene rings is 2. The van der Waals surface area contributed by atoms with Crippen molar-refractivity contribution >= 4 is 5.97 Å². The topological polar surface area (TPSA) is 71.7 Å². The van der Waals surface area contributed by atoms with Crippen molar-refractivity contribution in [2.45, 2.75) is 39.7 Å². The van der Waals surface area contributed by atoms with Gasteiger partial charge in [0.2, 0.25) is 11.8 Å². The van der Waals surface area contributed by atoms with E-state index in [2.05, 4.69) is 0 Å². The Balaban J connectivity index is 1.88. The summed E-state index contributed by atoms with van der Waals surface area (Å²) in [6.07, 6.45) is 0.315. The Labute approximate surface area is 170 Å². The standard InChI is InChI=1S/C24H25NO4/c1-4-24(2,3)23(28)29-20-17-13-9-8-10-15(17)14-18-19(20)22(27)25(21(18)26)16-11-6-5-7-12-16/h5-13,20,26-27H,4,14H2,1-3H3. The minimum Gasteiger partial charge on any atom is -0.494 e. The van der Waals surface area contributed by atoms with Crippen molar-refractivity contribution in [3.05, 3.63) is 76.9 Å². The molecule has 0 radical (unpaired) electrons. The number of nitrogens with zero attached hydrogens (tertiary/aromatic N) is 1. The van der Waals surface area contributed by atoms with Crippen molar-refractivity contribution in [3.8, 4) is 17.4 Å². The fourth-order valence-electron chi connectivity index (χ4n) is 3.71. The second-order valence-electron chi connectivity index (χ2n) is 8.11. The van der Waals surface area contributed by atoms with Gasteiger partial charge in [0.25, 0.3) is 0 Å². The van der Waals surface area contributed by atoms with Crippen LogP contribution in [0.1, 0.15) is 55.5 Å². The molecule has 1 unspecified atom stereocenters. The van der Waals surface area contributed by atoms with Gasteiger partial charge in [-0.25, -0.2) is 0 Å². The van der Waals surface area contributed by atoms with E-state index in [0.717, 1.165) is 11.1 Å². The number of aromatic hydroxyl groups is 2. The van der Waals surface area contributed by atoms with E-state index in [0.29, 0.717) is 29.7 Å². The normalized spacial score (nSPS) is 15.5.